The molecule has 0 atom stereocenters. The van der Waals surface area contributed by atoms with Crippen LogP contribution in [0.1, 0.15) is 59.5 Å². The molecule has 0 radical (unpaired) electrons. The van der Waals surface area contributed by atoms with Crippen LogP contribution in [-0.2, 0) is 5.41 Å². The van der Waals surface area contributed by atoms with Crippen molar-refractivity contribution in [2.45, 2.75) is 18.5 Å². The summed E-state index contributed by atoms with van der Waals surface area (Å²) in [6.45, 7) is 0.630. The van der Waals surface area contributed by atoms with Crippen LogP contribution in [0.5, 0.6) is 11.5 Å². The highest BCUT2D eigenvalue weighted by Gasteiger charge is 2.58. The number of ether oxygens (including phenoxy) is 1. The van der Waals surface area contributed by atoms with E-state index in [-0.39, 0.29) is 0 Å². The van der Waals surface area contributed by atoms with Crippen molar-refractivity contribution in [2.75, 3.05) is 0 Å². The Labute approximate surface area is 169 Å². The number of fused-ring (bicyclic) bond motifs is 2. The van der Waals surface area contributed by atoms with Gasteiger partial charge >= 0.3 is 30.1 Å². The van der Waals surface area contributed by atoms with Crippen molar-refractivity contribution in [3.8, 4) is 11.5 Å². The molecule has 1 aliphatic heterocycles. The van der Waals surface area contributed by atoms with E-state index >= 15 is 0 Å². The molecule has 1 aliphatic rings. The average molecular weight is 440 g/mol. The summed E-state index contributed by atoms with van der Waals surface area (Å²) in [5.41, 5.74) is -8.15. The van der Waals surface area contributed by atoms with Crippen LogP contribution in [0.25, 0.3) is 0 Å². The molecule has 0 unspecified atom stereocenters. The van der Waals surface area contributed by atoms with Gasteiger partial charge in [-0.25, -0.2) is 19.2 Å². The van der Waals surface area contributed by atoms with Crippen molar-refractivity contribution < 1.29 is 57.5 Å². The van der Waals surface area contributed by atoms with Gasteiger partial charge in [-0.3, -0.25) is 0 Å². The van der Waals surface area contributed by atoms with Gasteiger partial charge in [0.25, 0.3) is 0 Å². The first-order valence-electron chi connectivity index (χ1n) is 8.25. The lowest BCUT2D eigenvalue weighted by molar-refractivity contribution is -0.174. The molecule has 0 spiro atoms. The molecule has 2 aromatic carbocycles. The van der Waals surface area contributed by atoms with E-state index in [4.69, 9.17) is 4.74 Å². The van der Waals surface area contributed by atoms with Crippen LogP contribution in [0.4, 0.5) is 13.2 Å². The predicted octanol–water partition coefficient (Wildman–Crippen LogP) is 3.45. The van der Waals surface area contributed by atoms with Crippen molar-refractivity contribution in [3.63, 3.8) is 0 Å². The number of benzene rings is 2. The third-order valence-corrected chi connectivity index (χ3v) is 5.03. The summed E-state index contributed by atoms with van der Waals surface area (Å²) in [7, 11) is 0. The normalized spacial score (nSPS) is 14.1. The maximum Gasteiger partial charge on any atom is 0.402 e. The minimum atomic E-state index is -5.14. The Bertz CT molecular complexity index is 1100. The van der Waals surface area contributed by atoms with Gasteiger partial charge in [0.1, 0.15) is 16.9 Å². The van der Waals surface area contributed by atoms with Crippen molar-refractivity contribution in [3.05, 3.63) is 57.6 Å². The highest BCUT2D eigenvalue weighted by Crippen LogP contribution is 2.56. The highest BCUT2D eigenvalue weighted by molar-refractivity contribution is 6.04. The SMILES string of the molecule is CC1(C(F)(F)F)c2cc(C(=O)O)c(C(=O)O)cc2Oc2cc(C(=O)O)c(C(=O)O)cc21. The van der Waals surface area contributed by atoms with Gasteiger partial charge in [-0.15, -0.1) is 0 Å². The molecule has 12 heteroatoms. The number of carbonyl (C=O) groups is 4. The van der Waals surface area contributed by atoms with Crippen LogP contribution in [0, 0.1) is 0 Å². The van der Waals surface area contributed by atoms with E-state index in [1.54, 1.807) is 0 Å². The van der Waals surface area contributed by atoms with E-state index in [1.807, 2.05) is 0 Å². The van der Waals surface area contributed by atoms with Crippen LogP contribution in [-0.4, -0.2) is 50.5 Å². The van der Waals surface area contributed by atoms with Gasteiger partial charge in [-0.05, 0) is 31.2 Å². The number of aromatic carboxylic acids is 4. The summed E-state index contributed by atoms with van der Waals surface area (Å²) in [6.07, 6.45) is -5.14. The summed E-state index contributed by atoms with van der Waals surface area (Å²) < 4.78 is 48.2. The third kappa shape index (κ3) is 3.12. The van der Waals surface area contributed by atoms with Crippen molar-refractivity contribution in [1.82, 2.24) is 0 Å². The van der Waals surface area contributed by atoms with Crippen molar-refractivity contribution >= 4 is 23.9 Å². The van der Waals surface area contributed by atoms with Gasteiger partial charge in [-0.2, -0.15) is 13.2 Å². The van der Waals surface area contributed by atoms with E-state index in [2.05, 4.69) is 0 Å². The van der Waals surface area contributed by atoms with E-state index in [1.165, 1.54) is 0 Å². The van der Waals surface area contributed by atoms with Crippen LogP contribution >= 0.6 is 0 Å². The lowest BCUT2D eigenvalue weighted by atomic mass is 9.71. The van der Waals surface area contributed by atoms with Gasteiger partial charge in [0.15, 0.2) is 0 Å². The zero-order chi connectivity index (χ0) is 23.5. The van der Waals surface area contributed by atoms with Gasteiger partial charge in [0, 0.05) is 11.1 Å². The van der Waals surface area contributed by atoms with Crippen molar-refractivity contribution in [2.24, 2.45) is 0 Å². The molecule has 0 bridgehead atoms. The molecule has 2 aromatic rings. The number of hydrogen-bond donors (Lipinski definition) is 4. The molecule has 1 heterocycles. The molecular weight excluding hydrogens is 429 g/mol. The lowest BCUT2D eigenvalue weighted by Gasteiger charge is -2.39. The lowest BCUT2D eigenvalue weighted by Crippen LogP contribution is -2.43. The molecule has 31 heavy (non-hydrogen) atoms. The minimum absolute atomic E-state index is 0.503. The van der Waals surface area contributed by atoms with Crippen molar-refractivity contribution in [1.29, 1.82) is 0 Å². The van der Waals surface area contributed by atoms with E-state index < -0.39 is 80.3 Å². The molecule has 0 saturated heterocycles. The topological polar surface area (TPSA) is 158 Å². The first-order valence-corrected chi connectivity index (χ1v) is 8.25. The molecule has 162 valence electrons. The quantitative estimate of drug-likeness (QED) is 0.559. The largest absolute Gasteiger partial charge is 0.478 e. The molecule has 0 saturated carbocycles. The summed E-state index contributed by atoms with van der Waals surface area (Å²) in [5.74, 6) is -8.40. The Morgan fingerprint density at radius 1 is 0.710 bits per heavy atom. The zero-order valence-corrected chi connectivity index (χ0v) is 15.3. The minimum Gasteiger partial charge on any atom is -0.478 e. The molecule has 4 N–H and O–H groups in total. The average Bonchev–Trinajstić information content (AvgIpc) is 2.65. The maximum absolute atomic E-state index is 14.3. The van der Waals surface area contributed by atoms with Crippen LogP contribution in [0.2, 0.25) is 0 Å². The fourth-order valence-electron chi connectivity index (χ4n) is 3.39. The van der Waals surface area contributed by atoms with Gasteiger partial charge in [0.05, 0.1) is 22.3 Å². The Kier molecular flexibility index (Phi) is 4.69. The highest BCUT2D eigenvalue weighted by atomic mass is 19.4. The number of carboxylic acid groups (broad SMARTS) is 4. The van der Waals surface area contributed by atoms with E-state index in [9.17, 15) is 52.8 Å². The fraction of sp³-hybridized carbons (Fsp3) is 0.158. The molecular formula is C19H11F3O9. The molecule has 0 fully saturated rings. The second-order valence-electron chi connectivity index (χ2n) is 6.73. The molecule has 0 aromatic heterocycles. The number of rotatable bonds is 4. The number of hydrogen-bond acceptors (Lipinski definition) is 5. The summed E-state index contributed by atoms with van der Waals surface area (Å²) >= 11 is 0. The van der Waals surface area contributed by atoms with Gasteiger partial charge in [-0.1, -0.05) is 0 Å². The number of halogens is 3. The Morgan fingerprint density at radius 3 is 1.26 bits per heavy atom. The summed E-state index contributed by atoms with van der Waals surface area (Å²) in [4.78, 5) is 45.7. The molecule has 3 rings (SSSR count). The molecule has 0 aliphatic carbocycles. The Morgan fingerprint density at radius 2 is 1.00 bits per heavy atom. The van der Waals surface area contributed by atoms with Gasteiger partial charge < -0.3 is 25.2 Å². The summed E-state index contributed by atoms with van der Waals surface area (Å²) in [5, 5.41) is 37.0. The molecule has 9 nitrogen and oxygen atoms in total. The van der Waals surface area contributed by atoms with Gasteiger partial charge in [0.2, 0.25) is 0 Å². The smallest absolute Gasteiger partial charge is 0.402 e. The number of carboxylic acids is 4. The van der Waals surface area contributed by atoms with Crippen LogP contribution in [0.15, 0.2) is 24.3 Å². The first-order chi connectivity index (χ1) is 14.2. The maximum atomic E-state index is 14.3. The van der Waals surface area contributed by atoms with Crippen LogP contribution in [0.3, 0.4) is 0 Å². The number of alkyl halides is 3. The fourth-order valence-corrected chi connectivity index (χ4v) is 3.39. The molecule has 0 amide bonds. The Hall–Kier alpha value is -4.09. The van der Waals surface area contributed by atoms with E-state index in [0.29, 0.717) is 31.2 Å². The standard InChI is InChI=1S/C19H11F3O9/c1-18(19(20,21)22)10-2-6(14(23)24)8(16(27)28)4-12(10)31-13-5-9(17(29)30)7(15(25)26)3-11(13)18/h2-5H,1H3,(H,23,24)(H,25,26)(H,27,28)(H,29,30). The first kappa shape index (κ1) is 21.6. The third-order valence-electron chi connectivity index (χ3n) is 5.03. The van der Waals surface area contributed by atoms with Crippen LogP contribution < -0.4 is 4.74 Å². The zero-order valence-electron chi connectivity index (χ0n) is 15.3. The Balaban J connectivity index is 2.46. The second kappa shape index (κ2) is 6.72. The monoisotopic (exact) mass is 440 g/mol. The predicted molar refractivity (Wildman–Crippen MR) is 93.3 cm³/mol. The summed E-state index contributed by atoms with van der Waals surface area (Å²) in [6, 6.07) is 2.20. The van der Waals surface area contributed by atoms with E-state index in [0.717, 1.165) is 0 Å². The second-order valence-corrected chi connectivity index (χ2v) is 6.73.